The third-order valence-electron chi connectivity index (χ3n) is 4.29. The Hall–Kier alpha value is -0.0400. The molecule has 1 heteroatoms. The van der Waals surface area contributed by atoms with E-state index >= 15 is 0 Å². The Morgan fingerprint density at radius 2 is 1.94 bits per heavy atom. The van der Waals surface area contributed by atoms with Crippen LogP contribution in [0.25, 0.3) is 0 Å². The summed E-state index contributed by atoms with van der Waals surface area (Å²) in [6, 6.07) is 1.51. The maximum absolute atomic E-state index is 3.88. The van der Waals surface area contributed by atoms with Gasteiger partial charge >= 0.3 is 0 Å². The molecular weight excluding hydrogens is 194 g/mol. The van der Waals surface area contributed by atoms with Crippen LogP contribution in [0.5, 0.6) is 0 Å². The molecule has 2 rings (SSSR count). The van der Waals surface area contributed by atoms with Gasteiger partial charge in [0.2, 0.25) is 0 Å². The lowest BCUT2D eigenvalue weighted by Gasteiger charge is -2.40. The second-order valence-corrected chi connectivity index (χ2v) is 7.36. The van der Waals surface area contributed by atoms with Crippen LogP contribution in [0.3, 0.4) is 0 Å². The first-order chi connectivity index (χ1) is 7.44. The smallest absolute Gasteiger partial charge is 0.00771 e. The van der Waals surface area contributed by atoms with Gasteiger partial charge in [0.25, 0.3) is 0 Å². The lowest BCUT2D eigenvalue weighted by Crippen LogP contribution is -2.44. The zero-order valence-electron chi connectivity index (χ0n) is 11.6. The topological polar surface area (TPSA) is 12.0 Å². The van der Waals surface area contributed by atoms with E-state index in [1.54, 1.807) is 0 Å². The van der Waals surface area contributed by atoms with Gasteiger partial charge < -0.3 is 5.32 Å². The molecule has 94 valence electrons. The summed E-state index contributed by atoms with van der Waals surface area (Å²) < 4.78 is 0. The molecule has 0 aromatic rings. The first kappa shape index (κ1) is 12.4. The highest BCUT2D eigenvalue weighted by Gasteiger charge is 2.33. The fraction of sp³-hybridized carbons (Fsp3) is 1.00. The van der Waals surface area contributed by atoms with Crippen LogP contribution >= 0.6 is 0 Å². The van der Waals surface area contributed by atoms with Crippen molar-refractivity contribution in [3.63, 3.8) is 0 Å². The SMILES string of the molecule is CC1CC(NC(C)CC2CC2)CC(C)(C)C1. The lowest BCUT2D eigenvalue weighted by atomic mass is 9.70. The molecular formula is C15H29N. The molecule has 0 amide bonds. The lowest BCUT2D eigenvalue weighted by molar-refractivity contribution is 0.144. The standard InChI is InChI=1S/C15H29N/c1-11-7-14(10-15(3,4)9-11)16-12(2)8-13-5-6-13/h11-14,16H,5-10H2,1-4H3. The first-order valence-electron chi connectivity index (χ1n) is 7.21. The van der Waals surface area contributed by atoms with Crippen LogP contribution in [0.15, 0.2) is 0 Å². The fourth-order valence-electron chi connectivity index (χ4n) is 3.80. The summed E-state index contributed by atoms with van der Waals surface area (Å²) in [5.41, 5.74) is 0.550. The van der Waals surface area contributed by atoms with E-state index in [1.807, 2.05) is 0 Å². The van der Waals surface area contributed by atoms with Crippen LogP contribution in [0, 0.1) is 17.3 Å². The maximum Gasteiger partial charge on any atom is 0.00771 e. The van der Waals surface area contributed by atoms with E-state index in [-0.39, 0.29) is 0 Å². The van der Waals surface area contributed by atoms with Crippen LogP contribution in [-0.4, -0.2) is 12.1 Å². The van der Waals surface area contributed by atoms with Crippen LogP contribution < -0.4 is 5.32 Å². The van der Waals surface area contributed by atoms with Gasteiger partial charge in [0.15, 0.2) is 0 Å². The Morgan fingerprint density at radius 3 is 2.50 bits per heavy atom. The molecule has 2 fully saturated rings. The molecule has 0 heterocycles. The zero-order valence-corrected chi connectivity index (χ0v) is 11.6. The Labute approximate surface area is 101 Å². The van der Waals surface area contributed by atoms with Crippen molar-refractivity contribution < 1.29 is 0 Å². The van der Waals surface area contributed by atoms with Gasteiger partial charge in [-0.1, -0.05) is 33.6 Å². The predicted octanol–water partition coefficient (Wildman–Crippen LogP) is 3.98. The second-order valence-electron chi connectivity index (χ2n) is 7.36. The van der Waals surface area contributed by atoms with Crippen molar-refractivity contribution in [2.24, 2.45) is 17.3 Å². The quantitative estimate of drug-likeness (QED) is 0.760. The summed E-state index contributed by atoms with van der Waals surface area (Å²) in [6.45, 7) is 9.66. The van der Waals surface area contributed by atoms with E-state index in [2.05, 4.69) is 33.0 Å². The van der Waals surface area contributed by atoms with E-state index < -0.39 is 0 Å². The monoisotopic (exact) mass is 223 g/mol. The third-order valence-corrected chi connectivity index (χ3v) is 4.29. The molecule has 0 aliphatic heterocycles. The number of nitrogens with one attached hydrogen (secondary N) is 1. The molecule has 0 saturated heterocycles. The van der Waals surface area contributed by atoms with Crippen molar-refractivity contribution in [1.82, 2.24) is 5.32 Å². The molecule has 0 aromatic carbocycles. The van der Waals surface area contributed by atoms with Crippen molar-refractivity contribution in [2.75, 3.05) is 0 Å². The van der Waals surface area contributed by atoms with Crippen molar-refractivity contribution in [3.8, 4) is 0 Å². The molecule has 2 aliphatic carbocycles. The van der Waals surface area contributed by atoms with Gasteiger partial charge in [-0.25, -0.2) is 0 Å². The molecule has 2 aliphatic rings. The average Bonchev–Trinajstić information content (AvgIpc) is 2.82. The summed E-state index contributed by atoms with van der Waals surface area (Å²) in [5.74, 6) is 1.95. The summed E-state index contributed by atoms with van der Waals surface area (Å²) in [7, 11) is 0. The molecule has 0 aromatic heterocycles. The van der Waals surface area contributed by atoms with Crippen molar-refractivity contribution in [2.45, 2.75) is 78.3 Å². The molecule has 3 atom stereocenters. The van der Waals surface area contributed by atoms with Gasteiger partial charge in [-0.3, -0.25) is 0 Å². The van der Waals surface area contributed by atoms with Gasteiger partial charge in [-0.2, -0.15) is 0 Å². The van der Waals surface area contributed by atoms with E-state index in [0.717, 1.165) is 23.9 Å². The predicted molar refractivity (Wildman–Crippen MR) is 70.5 cm³/mol. The molecule has 16 heavy (non-hydrogen) atoms. The van der Waals surface area contributed by atoms with Crippen LogP contribution in [0.1, 0.15) is 66.2 Å². The minimum atomic E-state index is 0.550. The maximum atomic E-state index is 3.88. The Bertz CT molecular complexity index is 230. The van der Waals surface area contributed by atoms with Gasteiger partial charge in [-0.15, -0.1) is 0 Å². The Morgan fingerprint density at radius 1 is 1.25 bits per heavy atom. The van der Waals surface area contributed by atoms with Crippen molar-refractivity contribution >= 4 is 0 Å². The van der Waals surface area contributed by atoms with E-state index in [4.69, 9.17) is 0 Å². The van der Waals surface area contributed by atoms with Crippen LogP contribution in [0.2, 0.25) is 0 Å². The highest BCUT2D eigenvalue weighted by atomic mass is 14.9. The Balaban J connectivity index is 1.78. The van der Waals surface area contributed by atoms with Gasteiger partial charge in [0.05, 0.1) is 0 Å². The summed E-state index contributed by atoms with van der Waals surface area (Å²) in [4.78, 5) is 0. The fourth-order valence-corrected chi connectivity index (χ4v) is 3.80. The molecule has 3 unspecified atom stereocenters. The molecule has 1 N–H and O–H groups in total. The summed E-state index contributed by atoms with van der Waals surface area (Å²) in [6.07, 6.45) is 8.54. The normalized spacial score (nSPS) is 36.0. The van der Waals surface area contributed by atoms with Gasteiger partial charge in [0, 0.05) is 12.1 Å². The van der Waals surface area contributed by atoms with Crippen LogP contribution in [-0.2, 0) is 0 Å². The van der Waals surface area contributed by atoms with Crippen LogP contribution in [0.4, 0.5) is 0 Å². The Kier molecular flexibility index (Phi) is 3.63. The molecule has 0 spiro atoms. The summed E-state index contributed by atoms with van der Waals surface area (Å²) in [5, 5.41) is 3.88. The second kappa shape index (κ2) is 4.68. The average molecular weight is 223 g/mol. The van der Waals surface area contributed by atoms with E-state index in [9.17, 15) is 0 Å². The van der Waals surface area contributed by atoms with Crippen molar-refractivity contribution in [1.29, 1.82) is 0 Å². The van der Waals surface area contributed by atoms with E-state index in [0.29, 0.717) is 5.41 Å². The third kappa shape index (κ3) is 3.76. The number of hydrogen-bond donors (Lipinski definition) is 1. The molecule has 1 nitrogen and oxygen atoms in total. The summed E-state index contributed by atoms with van der Waals surface area (Å²) >= 11 is 0. The first-order valence-corrected chi connectivity index (χ1v) is 7.21. The van der Waals surface area contributed by atoms with Crippen molar-refractivity contribution in [3.05, 3.63) is 0 Å². The molecule has 2 saturated carbocycles. The number of rotatable bonds is 4. The molecule has 0 radical (unpaired) electrons. The van der Waals surface area contributed by atoms with E-state index in [1.165, 1.54) is 38.5 Å². The van der Waals surface area contributed by atoms with Gasteiger partial charge in [-0.05, 0) is 49.9 Å². The minimum Gasteiger partial charge on any atom is -0.311 e. The largest absolute Gasteiger partial charge is 0.311 e. The van der Waals surface area contributed by atoms with Gasteiger partial charge in [0.1, 0.15) is 0 Å². The number of hydrogen-bond acceptors (Lipinski definition) is 1. The zero-order chi connectivity index (χ0) is 11.8. The highest BCUT2D eigenvalue weighted by molar-refractivity contribution is 4.88. The molecule has 0 bridgehead atoms. The minimum absolute atomic E-state index is 0.550. The highest BCUT2D eigenvalue weighted by Crippen LogP contribution is 2.39.